The van der Waals surface area contributed by atoms with Crippen molar-refractivity contribution in [3.05, 3.63) is 53.7 Å². The molecule has 0 bridgehead atoms. The minimum absolute atomic E-state index is 0.0587. The van der Waals surface area contributed by atoms with E-state index in [1.807, 2.05) is 6.92 Å². The van der Waals surface area contributed by atoms with E-state index in [4.69, 9.17) is 10.5 Å². The molecule has 3 N–H and O–H groups in total. The van der Waals surface area contributed by atoms with E-state index in [9.17, 15) is 13.2 Å². The van der Waals surface area contributed by atoms with Gasteiger partial charge >= 0.3 is 0 Å². The lowest BCUT2D eigenvalue weighted by molar-refractivity contribution is 0.1000. The lowest BCUT2D eigenvalue weighted by atomic mass is 10.2. The quantitative estimate of drug-likeness (QED) is 0.749. The van der Waals surface area contributed by atoms with E-state index in [0.29, 0.717) is 18.1 Å². The van der Waals surface area contributed by atoms with Gasteiger partial charge in [-0.1, -0.05) is 13.0 Å². The number of pyridine rings is 1. The second kappa shape index (κ2) is 7.89. The Morgan fingerprint density at radius 1 is 1.21 bits per heavy atom. The van der Waals surface area contributed by atoms with Crippen molar-refractivity contribution in [1.82, 2.24) is 9.71 Å². The molecule has 1 aromatic carbocycles. The number of amides is 1. The molecule has 0 saturated carbocycles. The van der Waals surface area contributed by atoms with Gasteiger partial charge in [-0.25, -0.2) is 18.1 Å². The van der Waals surface area contributed by atoms with Gasteiger partial charge < -0.3 is 10.5 Å². The first-order chi connectivity index (χ1) is 11.4. The normalized spacial score (nSPS) is 11.2. The summed E-state index contributed by atoms with van der Waals surface area (Å²) in [6, 6.07) is 8.86. The van der Waals surface area contributed by atoms with Crippen molar-refractivity contribution in [3.8, 4) is 5.88 Å². The average Bonchev–Trinajstić information content (AvgIpc) is 2.59. The maximum absolute atomic E-state index is 12.2. The van der Waals surface area contributed by atoms with E-state index >= 15 is 0 Å². The molecule has 7 nitrogen and oxygen atoms in total. The summed E-state index contributed by atoms with van der Waals surface area (Å²) in [6.45, 7) is 2.68. The first kappa shape index (κ1) is 17.9. The van der Waals surface area contributed by atoms with Crippen LogP contribution in [0.3, 0.4) is 0 Å². The van der Waals surface area contributed by atoms with Crippen molar-refractivity contribution in [1.29, 1.82) is 0 Å². The predicted octanol–water partition coefficient (Wildman–Crippen LogP) is 1.45. The molecular weight excluding hydrogens is 330 g/mol. The largest absolute Gasteiger partial charge is 0.478 e. The van der Waals surface area contributed by atoms with Gasteiger partial charge in [0.2, 0.25) is 21.8 Å². The molecular formula is C16H19N3O4S. The van der Waals surface area contributed by atoms with E-state index in [1.165, 1.54) is 24.3 Å². The monoisotopic (exact) mass is 349 g/mol. The fourth-order valence-corrected chi connectivity index (χ4v) is 2.89. The molecule has 0 unspecified atom stereocenters. The molecule has 1 aromatic heterocycles. The van der Waals surface area contributed by atoms with Crippen LogP contribution in [-0.4, -0.2) is 25.9 Å². The number of rotatable bonds is 8. The van der Waals surface area contributed by atoms with Gasteiger partial charge in [0.1, 0.15) is 0 Å². The molecule has 2 rings (SSSR count). The number of hydrogen-bond acceptors (Lipinski definition) is 5. The first-order valence-electron chi connectivity index (χ1n) is 7.39. The topological polar surface area (TPSA) is 111 Å². The molecule has 24 heavy (non-hydrogen) atoms. The fraction of sp³-hybridized carbons (Fsp3) is 0.250. The summed E-state index contributed by atoms with van der Waals surface area (Å²) < 4.78 is 32.3. The molecule has 1 heterocycles. The number of nitrogens with one attached hydrogen (secondary N) is 1. The molecule has 0 fully saturated rings. The van der Waals surface area contributed by atoms with Gasteiger partial charge in [0, 0.05) is 24.4 Å². The van der Waals surface area contributed by atoms with Gasteiger partial charge in [0.05, 0.1) is 11.5 Å². The van der Waals surface area contributed by atoms with Crippen molar-refractivity contribution in [3.63, 3.8) is 0 Å². The average molecular weight is 349 g/mol. The predicted molar refractivity (Wildman–Crippen MR) is 89.0 cm³/mol. The summed E-state index contributed by atoms with van der Waals surface area (Å²) in [5.74, 6) is -0.103. The third-order valence-corrected chi connectivity index (χ3v) is 4.58. The van der Waals surface area contributed by atoms with Crippen LogP contribution in [0.1, 0.15) is 29.3 Å². The van der Waals surface area contributed by atoms with Crippen LogP contribution < -0.4 is 15.2 Å². The van der Waals surface area contributed by atoms with Gasteiger partial charge in [-0.05, 0) is 36.2 Å². The van der Waals surface area contributed by atoms with E-state index in [0.717, 1.165) is 6.42 Å². The van der Waals surface area contributed by atoms with Crippen LogP contribution in [0.15, 0.2) is 47.5 Å². The summed E-state index contributed by atoms with van der Waals surface area (Å²) in [6.07, 6.45) is 2.45. The number of ether oxygens (including phenoxy) is 1. The van der Waals surface area contributed by atoms with Crippen molar-refractivity contribution in [2.45, 2.75) is 24.8 Å². The maximum atomic E-state index is 12.2. The number of benzene rings is 1. The summed E-state index contributed by atoms with van der Waals surface area (Å²) in [5.41, 5.74) is 6.08. The number of aromatic nitrogens is 1. The van der Waals surface area contributed by atoms with E-state index in [-0.39, 0.29) is 17.0 Å². The van der Waals surface area contributed by atoms with Crippen LogP contribution >= 0.6 is 0 Å². The van der Waals surface area contributed by atoms with Crippen LogP contribution in [0, 0.1) is 0 Å². The molecule has 1 amide bonds. The summed E-state index contributed by atoms with van der Waals surface area (Å²) in [7, 11) is -3.69. The zero-order valence-corrected chi connectivity index (χ0v) is 14.0. The highest BCUT2D eigenvalue weighted by Crippen LogP contribution is 2.12. The number of nitrogens with zero attached hydrogens (tertiary/aromatic N) is 1. The Morgan fingerprint density at radius 2 is 1.92 bits per heavy atom. The molecule has 0 aliphatic heterocycles. The maximum Gasteiger partial charge on any atom is 0.248 e. The molecule has 0 aliphatic rings. The summed E-state index contributed by atoms with van der Waals surface area (Å²) >= 11 is 0. The molecule has 0 radical (unpaired) electrons. The lowest BCUT2D eigenvalue weighted by Gasteiger charge is -2.08. The Kier molecular flexibility index (Phi) is 5.88. The van der Waals surface area contributed by atoms with Gasteiger partial charge in [0.15, 0.2) is 0 Å². The molecule has 0 aliphatic carbocycles. The lowest BCUT2D eigenvalue weighted by Crippen LogP contribution is -2.23. The zero-order valence-electron chi connectivity index (χ0n) is 13.2. The standard InChI is InChI=1S/C16H19N3O4S/c1-2-9-23-15-8-3-12(10-18-15)11-19-24(21,22)14-6-4-13(5-7-14)16(17)20/h3-8,10,19H,2,9,11H2,1H3,(H2,17,20). The highest BCUT2D eigenvalue weighted by atomic mass is 32.2. The van der Waals surface area contributed by atoms with Gasteiger partial charge in [-0.2, -0.15) is 0 Å². The van der Waals surface area contributed by atoms with Crippen LogP contribution in [-0.2, 0) is 16.6 Å². The van der Waals surface area contributed by atoms with E-state index in [2.05, 4.69) is 9.71 Å². The van der Waals surface area contributed by atoms with Gasteiger partial charge in [-0.3, -0.25) is 4.79 Å². The van der Waals surface area contributed by atoms with Crippen LogP contribution in [0.5, 0.6) is 5.88 Å². The van der Waals surface area contributed by atoms with Crippen LogP contribution in [0.4, 0.5) is 0 Å². The van der Waals surface area contributed by atoms with E-state index in [1.54, 1.807) is 18.3 Å². The Balaban J connectivity index is 2.00. The third-order valence-electron chi connectivity index (χ3n) is 3.17. The smallest absolute Gasteiger partial charge is 0.248 e. The van der Waals surface area contributed by atoms with Crippen molar-refractivity contribution in [2.24, 2.45) is 5.73 Å². The third kappa shape index (κ3) is 4.77. The number of nitrogens with two attached hydrogens (primary N) is 1. The number of primary amides is 1. The molecule has 2 aromatic rings. The Bertz CT molecular complexity index is 787. The SMILES string of the molecule is CCCOc1ccc(CNS(=O)(=O)c2ccc(C(N)=O)cc2)cn1. The van der Waals surface area contributed by atoms with Crippen LogP contribution in [0.25, 0.3) is 0 Å². The minimum Gasteiger partial charge on any atom is -0.478 e. The van der Waals surface area contributed by atoms with Gasteiger partial charge in [0.25, 0.3) is 0 Å². The minimum atomic E-state index is -3.69. The molecule has 0 spiro atoms. The number of carbonyl (C=O) groups is 1. The van der Waals surface area contributed by atoms with Crippen molar-refractivity contribution < 1.29 is 17.9 Å². The molecule has 128 valence electrons. The van der Waals surface area contributed by atoms with Crippen LogP contribution in [0.2, 0.25) is 0 Å². The molecule has 0 saturated heterocycles. The zero-order chi connectivity index (χ0) is 17.6. The highest BCUT2D eigenvalue weighted by molar-refractivity contribution is 7.89. The summed E-state index contributed by atoms with van der Waals surface area (Å²) in [4.78, 5) is 15.2. The van der Waals surface area contributed by atoms with E-state index < -0.39 is 15.9 Å². The first-order valence-corrected chi connectivity index (χ1v) is 8.88. The number of hydrogen-bond donors (Lipinski definition) is 2. The Labute approximate surface area is 140 Å². The second-order valence-corrected chi connectivity index (χ2v) is 6.83. The second-order valence-electron chi connectivity index (χ2n) is 5.07. The number of carbonyl (C=O) groups excluding carboxylic acids is 1. The molecule has 8 heteroatoms. The highest BCUT2D eigenvalue weighted by Gasteiger charge is 2.14. The van der Waals surface area contributed by atoms with Crippen molar-refractivity contribution >= 4 is 15.9 Å². The summed E-state index contributed by atoms with van der Waals surface area (Å²) in [5, 5.41) is 0. The Hall–Kier alpha value is -2.45. The fourth-order valence-electron chi connectivity index (χ4n) is 1.87. The van der Waals surface area contributed by atoms with Crippen molar-refractivity contribution in [2.75, 3.05) is 6.61 Å². The molecule has 0 atom stereocenters. The number of sulfonamides is 1. The van der Waals surface area contributed by atoms with Gasteiger partial charge in [-0.15, -0.1) is 0 Å². The Morgan fingerprint density at radius 3 is 2.46 bits per heavy atom.